The lowest BCUT2D eigenvalue weighted by molar-refractivity contribution is 1.45. The van der Waals surface area contributed by atoms with Gasteiger partial charge in [0, 0.05) is 26.4 Å². The summed E-state index contributed by atoms with van der Waals surface area (Å²) >= 11 is 13.2. The largest absolute Gasteiger partial charge is 0.192 e. The summed E-state index contributed by atoms with van der Waals surface area (Å²) in [4.78, 5) is 0. The molecule has 0 unspecified atom stereocenters. The zero-order valence-corrected chi connectivity index (χ0v) is 9.38. The molecule has 0 radical (unpaired) electrons. The van der Waals surface area contributed by atoms with Crippen molar-refractivity contribution >= 4 is 44.6 Å². The van der Waals surface area contributed by atoms with Crippen molar-refractivity contribution in [1.82, 2.24) is 0 Å². The molecule has 4 heteroatoms. The van der Waals surface area contributed by atoms with E-state index in [4.69, 9.17) is 28.5 Å². The van der Waals surface area contributed by atoms with E-state index in [0.29, 0.717) is 16.5 Å². The maximum absolute atomic E-state index is 8.89. The SMILES string of the molecule is N#Cc1csc2cc(Cl)cc(CCl)c12. The fourth-order valence-electron chi connectivity index (χ4n) is 1.40. The van der Waals surface area contributed by atoms with Gasteiger partial charge in [0.05, 0.1) is 5.56 Å². The summed E-state index contributed by atoms with van der Waals surface area (Å²) in [5, 5.41) is 12.3. The lowest BCUT2D eigenvalue weighted by atomic mass is 10.1. The molecule has 14 heavy (non-hydrogen) atoms. The highest BCUT2D eigenvalue weighted by molar-refractivity contribution is 7.17. The van der Waals surface area contributed by atoms with E-state index in [1.165, 1.54) is 11.3 Å². The van der Waals surface area contributed by atoms with Gasteiger partial charge in [-0.3, -0.25) is 0 Å². The number of fused-ring (bicyclic) bond motifs is 1. The summed E-state index contributed by atoms with van der Waals surface area (Å²) in [5.74, 6) is 0.377. The van der Waals surface area contributed by atoms with Gasteiger partial charge in [-0.2, -0.15) is 5.26 Å². The number of benzene rings is 1. The molecular formula is C10H5Cl2NS. The average Bonchev–Trinajstić information content (AvgIpc) is 2.59. The first-order valence-corrected chi connectivity index (χ1v) is 5.71. The lowest BCUT2D eigenvalue weighted by Crippen LogP contribution is -1.81. The van der Waals surface area contributed by atoms with Gasteiger partial charge in [0.25, 0.3) is 0 Å². The monoisotopic (exact) mass is 241 g/mol. The van der Waals surface area contributed by atoms with Crippen LogP contribution in [0.1, 0.15) is 11.1 Å². The quantitative estimate of drug-likeness (QED) is 0.688. The van der Waals surface area contributed by atoms with Gasteiger partial charge in [-0.1, -0.05) is 11.6 Å². The first-order chi connectivity index (χ1) is 6.76. The Morgan fingerprint density at radius 2 is 2.21 bits per heavy atom. The van der Waals surface area contributed by atoms with Gasteiger partial charge in [-0.25, -0.2) is 0 Å². The van der Waals surface area contributed by atoms with Crippen LogP contribution >= 0.6 is 34.5 Å². The topological polar surface area (TPSA) is 23.8 Å². The molecule has 0 atom stereocenters. The highest BCUT2D eigenvalue weighted by Crippen LogP contribution is 2.32. The second-order valence-electron chi connectivity index (χ2n) is 2.83. The molecule has 0 N–H and O–H groups in total. The Morgan fingerprint density at radius 1 is 1.43 bits per heavy atom. The van der Waals surface area contributed by atoms with E-state index in [0.717, 1.165) is 15.6 Å². The molecule has 0 bridgehead atoms. The van der Waals surface area contributed by atoms with E-state index in [1.807, 2.05) is 17.5 Å². The van der Waals surface area contributed by atoms with Crippen LogP contribution in [0, 0.1) is 11.3 Å². The molecule has 70 valence electrons. The number of nitriles is 1. The summed E-state index contributed by atoms with van der Waals surface area (Å²) < 4.78 is 1.02. The highest BCUT2D eigenvalue weighted by atomic mass is 35.5. The van der Waals surface area contributed by atoms with Crippen LogP contribution in [0.2, 0.25) is 5.02 Å². The van der Waals surface area contributed by atoms with Crippen molar-refractivity contribution in [2.75, 3.05) is 0 Å². The van der Waals surface area contributed by atoms with E-state index in [-0.39, 0.29) is 0 Å². The van der Waals surface area contributed by atoms with Crippen LogP contribution in [0.5, 0.6) is 0 Å². The van der Waals surface area contributed by atoms with Crippen molar-refractivity contribution in [1.29, 1.82) is 5.26 Å². The number of alkyl halides is 1. The first-order valence-electron chi connectivity index (χ1n) is 3.92. The van der Waals surface area contributed by atoms with Crippen LogP contribution in [0.15, 0.2) is 17.5 Å². The highest BCUT2D eigenvalue weighted by Gasteiger charge is 2.09. The third-order valence-electron chi connectivity index (χ3n) is 1.99. The predicted octanol–water partition coefficient (Wildman–Crippen LogP) is 4.17. The number of hydrogen-bond donors (Lipinski definition) is 0. The second-order valence-corrected chi connectivity index (χ2v) is 4.45. The van der Waals surface area contributed by atoms with Crippen LogP contribution in [-0.4, -0.2) is 0 Å². The van der Waals surface area contributed by atoms with Crippen LogP contribution in [-0.2, 0) is 5.88 Å². The molecule has 0 amide bonds. The third-order valence-corrected chi connectivity index (χ3v) is 3.42. The number of rotatable bonds is 1. The van der Waals surface area contributed by atoms with Crippen molar-refractivity contribution in [3.63, 3.8) is 0 Å². The Morgan fingerprint density at radius 3 is 2.86 bits per heavy atom. The fourth-order valence-corrected chi connectivity index (χ4v) is 2.89. The van der Waals surface area contributed by atoms with Gasteiger partial charge in [0.15, 0.2) is 0 Å². The van der Waals surface area contributed by atoms with Crippen LogP contribution < -0.4 is 0 Å². The van der Waals surface area contributed by atoms with Crippen molar-refractivity contribution in [2.24, 2.45) is 0 Å². The molecule has 0 saturated carbocycles. The fraction of sp³-hybridized carbons (Fsp3) is 0.100. The van der Waals surface area contributed by atoms with Gasteiger partial charge in [0.2, 0.25) is 0 Å². The molecule has 1 aromatic heterocycles. The minimum Gasteiger partial charge on any atom is -0.192 e. The summed E-state index contributed by atoms with van der Waals surface area (Å²) in [6.45, 7) is 0. The molecule has 0 saturated heterocycles. The van der Waals surface area contributed by atoms with Gasteiger partial charge in [-0.15, -0.1) is 22.9 Å². The minimum absolute atomic E-state index is 0.377. The molecular weight excluding hydrogens is 237 g/mol. The number of hydrogen-bond acceptors (Lipinski definition) is 2. The second kappa shape index (κ2) is 3.78. The summed E-state index contributed by atoms with van der Waals surface area (Å²) in [7, 11) is 0. The Hall–Kier alpha value is -0.750. The molecule has 0 aliphatic heterocycles. The summed E-state index contributed by atoms with van der Waals surface area (Å²) in [6, 6.07) is 5.82. The molecule has 2 aromatic rings. The van der Waals surface area contributed by atoms with Gasteiger partial charge in [0.1, 0.15) is 6.07 Å². The number of halogens is 2. The normalized spacial score (nSPS) is 10.4. The maximum atomic E-state index is 8.89. The molecule has 1 aromatic carbocycles. The van der Waals surface area contributed by atoms with Gasteiger partial charge < -0.3 is 0 Å². The molecule has 0 aliphatic carbocycles. The Labute approximate surface area is 95.5 Å². The molecule has 0 fully saturated rings. The van der Waals surface area contributed by atoms with E-state index in [9.17, 15) is 0 Å². The standard InChI is InChI=1S/C10H5Cl2NS/c11-3-6-1-8(12)2-9-10(6)7(4-13)5-14-9/h1-2,5H,3H2. The predicted molar refractivity (Wildman–Crippen MR) is 61.1 cm³/mol. The van der Waals surface area contributed by atoms with Crippen molar-refractivity contribution in [3.05, 3.63) is 33.7 Å². The average molecular weight is 242 g/mol. The van der Waals surface area contributed by atoms with E-state index in [1.54, 1.807) is 0 Å². The van der Waals surface area contributed by atoms with Crippen LogP contribution in [0.4, 0.5) is 0 Å². The van der Waals surface area contributed by atoms with E-state index in [2.05, 4.69) is 6.07 Å². The summed E-state index contributed by atoms with van der Waals surface area (Å²) in [5.41, 5.74) is 1.60. The maximum Gasteiger partial charge on any atom is 0.101 e. The zero-order valence-electron chi connectivity index (χ0n) is 7.05. The number of nitrogens with zero attached hydrogens (tertiary/aromatic N) is 1. The Kier molecular flexibility index (Phi) is 2.64. The molecule has 2 rings (SSSR count). The lowest BCUT2D eigenvalue weighted by Gasteiger charge is -2.00. The van der Waals surface area contributed by atoms with Crippen molar-refractivity contribution in [2.45, 2.75) is 5.88 Å². The van der Waals surface area contributed by atoms with Gasteiger partial charge >= 0.3 is 0 Å². The molecule has 0 aliphatic rings. The smallest absolute Gasteiger partial charge is 0.101 e. The zero-order chi connectivity index (χ0) is 10.1. The molecule has 1 nitrogen and oxygen atoms in total. The summed E-state index contributed by atoms with van der Waals surface area (Å²) in [6.07, 6.45) is 0. The Balaban J connectivity index is 2.87. The molecule has 0 spiro atoms. The first kappa shape index (κ1) is 9.79. The van der Waals surface area contributed by atoms with E-state index < -0.39 is 0 Å². The third kappa shape index (κ3) is 1.48. The van der Waals surface area contributed by atoms with Crippen molar-refractivity contribution in [3.8, 4) is 6.07 Å². The Bertz CT molecular complexity index is 525. The van der Waals surface area contributed by atoms with Crippen molar-refractivity contribution < 1.29 is 0 Å². The van der Waals surface area contributed by atoms with Crippen LogP contribution in [0.3, 0.4) is 0 Å². The van der Waals surface area contributed by atoms with E-state index >= 15 is 0 Å². The van der Waals surface area contributed by atoms with Crippen LogP contribution in [0.25, 0.3) is 10.1 Å². The van der Waals surface area contributed by atoms with Gasteiger partial charge in [-0.05, 0) is 17.7 Å². The molecule has 1 heterocycles. The minimum atomic E-state index is 0.377. The number of thiophene rings is 1.